The summed E-state index contributed by atoms with van der Waals surface area (Å²) in [6, 6.07) is 6.75. The third-order valence-corrected chi connectivity index (χ3v) is 3.38. The van der Waals surface area contributed by atoms with Crippen LogP contribution in [0, 0.1) is 0 Å². The summed E-state index contributed by atoms with van der Waals surface area (Å²) in [5.74, 6) is 0.935. The summed E-state index contributed by atoms with van der Waals surface area (Å²) in [7, 11) is 0. The fourth-order valence-corrected chi connectivity index (χ4v) is 2.23. The van der Waals surface area contributed by atoms with Crippen molar-refractivity contribution >= 4 is 39.1 Å². The summed E-state index contributed by atoms with van der Waals surface area (Å²) in [5.41, 5.74) is 0.562. The lowest BCUT2D eigenvalue weighted by Crippen LogP contribution is -1.92. The Morgan fingerprint density at radius 2 is 2.06 bits per heavy atom. The molecule has 1 aromatic heterocycles. The van der Waals surface area contributed by atoms with Crippen LogP contribution in [0.5, 0.6) is 11.6 Å². The zero-order valence-electron chi connectivity index (χ0n) is 9.03. The average Bonchev–Trinajstić information content (AvgIpc) is 2.35. The highest BCUT2D eigenvalue weighted by molar-refractivity contribution is 9.10. The van der Waals surface area contributed by atoms with E-state index in [1.54, 1.807) is 24.3 Å². The molecule has 0 atom stereocenters. The van der Waals surface area contributed by atoms with Crippen molar-refractivity contribution in [3.05, 3.63) is 50.5 Å². The van der Waals surface area contributed by atoms with Crippen LogP contribution in [0.15, 0.2) is 34.9 Å². The first-order chi connectivity index (χ1) is 8.60. The van der Waals surface area contributed by atoms with Crippen molar-refractivity contribution in [2.45, 2.75) is 6.61 Å². The van der Waals surface area contributed by atoms with Gasteiger partial charge in [0.1, 0.15) is 5.75 Å². The van der Waals surface area contributed by atoms with Gasteiger partial charge in [-0.05, 0) is 34.1 Å². The Hall–Kier alpha value is -0.810. The summed E-state index contributed by atoms with van der Waals surface area (Å²) in [6.45, 7) is -0.167. The first kappa shape index (κ1) is 13.6. The largest absolute Gasteiger partial charge is 0.438 e. The standard InChI is InChI=1S/C12H8BrCl2NO2/c13-9-4-8(14)1-2-11(9)18-12-3-7(6-17)10(15)5-16-12/h1-5,17H,6H2. The van der Waals surface area contributed by atoms with Gasteiger partial charge in [0.2, 0.25) is 5.88 Å². The fourth-order valence-electron chi connectivity index (χ4n) is 1.31. The van der Waals surface area contributed by atoms with Gasteiger partial charge in [0, 0.05) is 22.8 Å². The first-order valence-electron chi connectivity index (χ1n) is 4.98. The Bertz CT molecular complexity index is 578. The second-order valence-electron chi connectivity index (χ2n) is 3.45. The van der Waals surface area contributed by atoms with Crippen LogP contribution < -0.4 is 4.74 Å². The number of aliphatic hydroxyl groups is 1. The van der Waals surface area contributed by atoms with E-state index in [1.807, 2.05) is 0 Å². The van der Waals surface area contributed by atoms with Gasteiger partial charge in [0.25, 0.3) is 0 Å². The monoisotopic (exact) mass is 347 g/mol. The van der Waals surface area contributed by atoms with Gasteiger partial charge in [-0.15, -0.1) is 0 Å². The molecule has 2 rings (SSSR count). The molecule has 0 aliphatic rings. The molecule has 0 aliphatic carbocycles. The highest BCUT2D eigenvalue weighted by Crippen LogP contribution is 2.32. The van der Waals surface area contributed by atoms with E-state index in [0.717, 1.165) is 4.47 Å². The van der Waals surface area contributed by atoms with Crippen molar-refractivity contribution < 1.29 is 9.84 Å². The van der Waals surface area contributed by atoms with Crippen LogP contribution >= 0.6 is 39.1 Å². The van der Waals surface area contributed by atoms with Crippen molar-refractivity contribution in [3.63, 3.8) is 0 Å². The van der Waals surface area contributed by atoms with Crippen LogP contribution in [-0.2, 0) is 6.61 Å². The maximum absolute atomic E-state index is 9.11. The Balaban J connectivity index is 2.28. The Morgan fingerprint density at radius 3 is 2.72 bits per heavy atom. The van der Waals surface area contributed by atoms with E-state index in [4.69, 9.17) is 33.0 Å². The van der Waals surface area contributed by atoms with Crippen LogP contribution in [0.2, 0.25) is 10.0 Å². The van der Waals surface area contributed by atoms with E-state index in [-0.39, 0.29) is 6.61 Å². The molecule has 1 heterocycles. The highest BCUT2D eigenvalue weighted by Gasteiger charge is 2.07. The van der Waals surface area contributed by atoms with E-state index < -0.39 is 0 Å². The predicted molar refractivity (Wildman–Crippen MR) is 74.4 cm³/mol. The SMILES string of the molecule is OCc1cc(Oc2ccc(Cl)cc2Br)ncc1Cl. The molecule has 0 fully saturated rings. The Labute approximate surface area is 122 Å². The van der Waals surface area contributed by atoms with Crippen LogP contribution in [-0.4, -0.2) is 10.1 Å². The van der Waals surface area contributed by atoms with Crippen LogP contribution in [0.25, 0.3) is 0 Å². The molecule has 0 aliphatic heterocycles. The Morgan fingerprint density at radius 1 is 1.28 bits per heavy atom. The fraction of sp³-hybridized carbons (Fsp3) is 0.0833. The van der Waals surface area contributed by atoms with Crippen molar-refractivity contribution in [1.82, 2.24) is 4.98 Å². The zero-order valence-corrected chi connectivity index (χ0v) is 12.1. The van der Waals surface area contributed by atoms with Gasteiger partial charge in [-0.1, -0.05) is 23.2 Å². The molecule has 1 N–H and O–H groups in total. The smallest absolute Gasteiger partial charge is 0.219 e. The average molecular weight is 349 g/mol. The second kappa shape index (κ2) is 5.89. The van der Waals surface area contributed by atoms with E-state index >= 15 is 0 Å². The lowest BCUT2D eigenvalue weighted by Gasteiger charge is -2.08. The summed E-state index contributed by atoms with van der Waals surface area (Å²) in [6.07, 6.45) is 1.44. The minimum atomic E-state index is -0.167. The third-order valence-electron chi connectivity index (χ3n) is 2.19. The maximum Gasteiger partial charge on any atom is 0.219 e. The van der Waals surface area contributed by atoms with Gasteiger partial charge in [0.05, 0.1) is 16.1 Å². The van der Waals surface area contributed by atoms with Crippen molar-refractivity contribution in [2.75, 3.05) is 0 Å². The third kappa shape index (κ3) is 3.14. The van der Waals surface area contributed by atoms with Gasteiger partial charge in [-0.2, -0.15) is 0 Å². The molecule has 2 aromatic rings. The molecule has 94 valence electrons. The molecule has 0 spiro atoms. The van der Waals surface area contributed by atoms with Gasteiger partial charge in [-0.25, -0.2) is 4.98 Å². The summed E-state index contributed by atoms with van der Waals surface area (Å²) >= 11 is 15.0. The molecular formula is C12H8BrCl2NO2. The van der Waals surface area contributed by atoms with Crippen molar-refractivity contribution in [2.24, 2.45) is 0 Å². The number of halogens is 3. The molecule has 6 heteroatoms. The van der Waals surface area contributed by atoms with E-state index in [1.165, 1.54) is 6.20 Å². The molecule has 0 bridgehead atoms. The number of ether oxygens (including phenoxy) is 1. The van der Waals surface area contributed by atoms with Crippen molar-refractivity contribution in [3.8, 4) is 11.6 Å². The van der Waals surface area contributed by atoms with Gasteiger partial charge in [-0.3, -0.25) is 0 Å². The van der Waals surface area contributed by atoms with E-state index in [9.17, 15) is 0 Å². The second-order valence-corrected chi connectivity index (χ2v) is 5.15. The van der Waals surface area contributed by atoms with Gasteiger partial charge < -0.3 is 9.84 Å². The molecule has 3 nitrogen and oxygen atoms in total. The summed E-state index contributed by atoms with van der Waals surface area (Å²) in [5, 5.41) is 10.1. The maximum atomic E-state index is 9.11. The van der Waals surface area contributed by atoms with Crippen LogP contribution in [0.1, 0.15) is 5.56 Å². The number of nitrogens with zero attached hydrogens (tertiary/aromatic N) is 1. The van der Waals surface area contributed by atoms with Crippen LogP contribution in [0.4, 0.5) is 0 Å². The lowest BCUT2D eigenvalue weighted by atomic mass is 10.3. The predicted octanol–water partition coefficient (Wildman–Crippen LogP) is 4.44. The Kier molecular flexibility index (Phi) is 4.45. The molecular weight excluding hydrogens is 341 g/mol. The molecule has 18 heavy (non-hydrogen) atoms. The first-order valence-corrected chi connectivity index (χ1v) is 6.53. The molecule has 0 saturated heterocycles. The van der Waals surface area contributed by atoms with Crippen molar-refractivity contribution in [1.29, 1.82) is 0 Å². The number of rotatable bonds is 3. The van der Waals surface area contributed by atoms with E-state index in [0.29, 0.717) is 27.2 Å². The zero-order chi connectivity index (χ0) is 13.1. The lowest BCUT2D eigenvalue weighted by molar-refractivity contribution is 0.281. The van der Waals surface area contributed by atoms with Gasteiger partial charge in [0.15, 0.2) is 0 Å². The normalized spacial score (nSPS) is 10.4. The number of hydrogen-bond donors (Lipinski definition) is 1. The molecule has 1 aromatic carbocycles. The molecule has 0 amide bonds. The number of aromatic nitrogens is 1. The summed E-state index contributed by atoms with van der Waals surface area (Å²) < 4.78 is 6.29. The quantitative estimate of drug-likeness (QED) is 0.891. The topological polar surface area (TPSA) is 42.4 Å². The minimum absolute atomic E-state index is 0.167. The number of hydrogen-bond acceptors (Lipinski definition) is 3. The molecule has 0 radical (unpaired) electrons. The minimum Gasteiger partial charge on any atom is -0.438 e. The highest BCUT2D eigenvalue weighted by atomic mass is 79.9. The van der Waals surface area contributed by atoms with E-state index in [2.05, 4.69) is 20.9 Å². The van der Waals surface area contributed by atoms with Crippen LogP contribution in [0.3, 0.4) is 0 Å². The number of aliphatic hydroxyl groups excluding tert-OH is 1. The number of pyridine rings is 1. The van der Waals surface area contributed by atoms with Gasteiger partial charge >= 0.3 is 0 Å². The number of benzene rings is 1. The summed E-state index contributed by atoms with van der Waals surface area (Å²) in [4.78, 5) is 4.03. The molecule has 0 unspecified atom stereocenters. The molecule has 0 saturated carbocycles.